The van der Waals surface area contributed by atoms with Crippen LogP contribution in [0.25, 0.3) is 0 Å². The molecule has 0 spiro atoms. The fourth-order valence-corrected chi connectivity index (χ4v) is 3.54. The SMILES string of the molecule is C=CC(=O)N(CCc1scnc1C)Cc1cnn(Cc2ccc(F)cc2)c1. The summed E-state index contributed by atoms with van der Waals surface area (Å²) in [6, 6.07) is 6.35. The highest BCUT2D eigenvalue weighted by molar-refractivity contribution is 7.09. The molecular weight excluding hydrogens is 363 g/mol. The van der Waals surface area contributed by atoms with Gasteiger partial charge in [-0.25, -0.2) is 9.37 Å². The number of hydrogen-bond acceptors (Lipinski definition) is 4. The summed E-state index contributed by atoms with van der Waals surface area (Å²) in [7, 11) is 0. The Morgan fingerprint density at radius 2 is 2.11 bits per heavy atom. The van der Waals surface area contributed by atoms with Gasteiger partial charge in [0, 0.05) is 36.1 Å². The molecule has 0 aliphatic rings. The van der Waals surface area contributed by atoms with Crippen molar-refractivity contribution < 1.29 is 9.18 Å². The van der Waals surface area contributed by atoms with E-state index in [1.165, 1.54) is 23.1 Å². The van der Waals surface area contributed by atoms with E-state index in [0.717, 1.165) is 23.2 Å². The average molecular weight is 384 g/mol. The topological polar surface area (TPSA) is 51.0 Å². The molecule has 3 aromatic rings. The van der Waals surface area contributed by atoms with Gasteiger partial charge in [-0.3, -0.25) is 9.48 Å². The van der Waals surface area contributed by atoms with E-state index in [9.17, 15) is 9.18 Å². The van der Waals surface area contributed by atoms with Crippen molar-refractivity contribution in [2.75, 3.05) is 6.54 Å². The molecule has 7 heteroatoms. The molecule has 0 aliphatic carbocycles. The van der Waals surface area contributed by atoms with Crippen LogP contribution in [0.15, 0.2) is 54.8 Å². The van der Waals surface area contributed by atoms with Crippen LogP contribution in [0.3, 0.4) is 0 Å². The third-order valence-electron chi connectivity index (χ3n) is 4.26. The highest BCUT2D eigenvalue weighted by atomic mass is 32.1. The summed E-state index contributed by atoms with van der Waals surface area (Å²) in [4.78, 5) is 19.4. The molecule has 1 amide bonds. The summed E-state index contributed by atoms with van der Waals surface area (Å²) < 4.78 is 14.8. The molecule has 2 heterocycles. The minimum atomic E-state index is -0.255. The Kier molecular flexibility index (Phi) is 6.13. The van der Waals surface area contributed by atoms with E-state index in [2.05, 4.69) is 16.7 Å². The van der Waals surface area contributed by atoms with E-state index >= 15 is 0 Å². The second-order valence-corrected chi connectivity index (χ2v) is 7.19. The molecule has 140 valence electrons. The summed E-state index contributed by atoms with van der Waals surface area (Å²) in [6.45, 7) is 7.19. The van der Waals surface area contributed by atoms with E-state index in [4.69, 9.17) is 0 Å². The fourth-order valence-electron chi connectivity index (χ4n) is 2.77. The summed E-state index contributed by atoms with van der Waals surface area (Å²) in [6.07, 6.45) is 5.76. The van der Waals surface area contributed by atoms with Crippen LogP contribution in [0.2, 0.25) is 0 Å². The number of aryl methyl sites for hydroxylation is 1. The largest absolute Gasteiger partial charge is 0.334 e. The zero-order valence-corrected chi connectivity index (χ0v) is 16.0. The van der Waals surface area contributed by atoms with Gasteiger partial charge in [-0.1, -0.05) is 18.7 Å². The first-order chi connectivity index (χ1) is 13.0. The van der Waals surface area contributed by atoms with Gasteiger partial charge in [0.25, 0.3) is 0 Å². The molecule has 2 aromatic heterocycles. The van der Waals surface area contributed by atoms with Crippen molar-refractivity contribution in [3.63, 3.8) is 0 Å². The van der Waals surface area contributed by atoms with Gasteiger partial charge >= 0.3 is 0 Å². The van der Waals surface area contributed by atoms with Crippen molar-refractivity contribution >= 4 is 17.2 Å². The monoisotopic (exact) mass is 384 g/mol. The second kappa shape index (κ2) is 8.73. The van der Waals surface area contributed by atoms with E-state index in [-0.39, 0.29) is 11.7 Å². The molecule has 0 unspecified atom stereocenters. The Morgan fingerprint density at radius 1 is 1.33 bits per heavy atom. The Labute approximate surface area is 161 Å². The van der Waals surface area contributed by atoms with Crippen LogP contribution in [-0.4, -0.2) is 32.1 Å². The number of amides is 1. The van der Waals surface area contributed by atoms with Crippen molar-refractivity contribution in [1.82, 2.24) is 19.7 Å². The predicted octanol–water partition coefficient (Wildman–Crippen LogP) is 3.59. The molecule has 3 rings (SSSR count). The quantitative estimate of drug-likeness (QED) is 0.558. The Morgan fingerprint density at radius 3 is 2.78 bits per heavy atom. The second-order valence-electron chi connectivity index (χ2n) is 6.25. The number of aromatic nitrogens is 3. The molecule has 0 radical (unpaired) electrons. The van der Waals surface area contributed by atoms with E-state index in [0.29, 0.717) is 19.6 Å². The molecular formula is C20H21FN4OS. The molecule has 0 aliphatic heterocycles. The maximum atomic E-state index is 13.0. The number of nitrogens with zero attached hydrogens (tertiary/aromatic N) is 4. The zero-order valence-electron chi connectivity index (χ0n) is 15.1. The third-order valence-corrected chi connectivity index (χ3v) is 5.25. The van der Waals surface area contributed by atoms with Gasteiger partial charge < -0.3 is 4.90 Å². The van der Waals surface area contributed by atoms with Gasteiger partial charge in [-0.15, -0.1) is 11.3 Å². The number of benzene rings is 1. The summed E-state index contributed by atoms with van der Waals surface area (Å²) in [5, 5.41) is 4.35. The lowest BCUT2D eigenvalue weighted by Gasteiger charge is -2.20. The minimum Gasteiger partial charge on any atom is -0.334 e. The maximum absolute atomic E-state index is 13.0. The molecule has 0 bridgehead atoms. The molecule has 0 atom stereocenters. The lowest BCUT2D eigenvalue weighted by molar-refractivity contribution is -0.126. The highest BCUT2D eigenvalue weighted by Crippen LogP contribution is 2.15. The van der Waals surface area contributed by atoms with Crippen LogP contribution in [0.4, 0.5) is 4.39 Å². The fraction of sp³-hybridized carbons (Fsp3) is 0.250. The van der Waals surface area contributed by atoms with Crippen LogP contribution in [-0.2, 0) is 24.3 Å². The van der Waals surface area contributed by atoms with E-state index < -0.39 is 0 Å². The number of hydrogen-bond donors (Lipinski definition) is 0. The van der Waals surface area contributed by atoms with Crippen molar-refractivity contribution in [2.24, 2.45) is 0 Å². The van der Waals surface area contributed by atoms with Gasteiger partial charge in [0.1, 0.15) is 5.82 Å². The van der Waals surface area contributed by atoms with Gasteiger partial charge in [-0.2, -0.15) is 5.10 Å². The summed E-state index contributed by atoms with van der Waals surface area (Å²) >= 11 is 1.61. The van der Waals surface area contributed by atoms with Gasteiger partial charge in [-0.05, 0) is 30.7 Å². The molecule has 5 nitrogen and oxygen atoms in total. The first kappa shape index (κ1) is 19.0. The number of carbonyl (C=O) groups is 1. The molecule has 0 saturated heterocycles. The van der Waals surface area contributed by atoms with Crippen LogP contribution >= 0.6 is 11.3 Å². The van der Waals surface area contributed by atoms with Gasteiger partial charge in [0.05, 0.1) is 23.9 Å². The standard InChI is InChI=1S/C20H21FN4OS/c1-3-20(26)24(9-8-19-15(2)22-14-27-19)11-17-10-23-25(13-17)12-16-4-6-18(21)7-5-16/h3-7,10,13-14H,1,8-9,11-12H2,2H3. The summed E-state index contributed by atoms with van der Waals surface area (Å²) in [5.41, 5.74) is 4.74. The van der Waals surface area contributed by atoms with Crippen molar-refractivity contribution in [2.45, 2.75) is 26.4 Å². The van der Waals surface area contributed by atoms with Crippen LogP contribution in [0.1, 0.15) is 21.7 Å². The predicted molar refractivity (Wildman–Crippen MR) is 104 cm³/mol. The molecule has 1 aromatic carbocycles. The van der Waals surface area contributed by atoms with E-state index in [1.807, 2.05) is 18.6 Å². The third kappa shape index (κ3) is 5.10. The maximum Gasteiger partial charge on any atom is 0.246 e. The Bertz CT molecular complexity index is 916. The van der Waals surface area contributed by atoms with Crippen molar-refractivity contribution in [1.29, 1.82) is 0 Å². The minimum absolute atomic E-state index is 0.108. The normalized spacial score (nSPS) is 10.7. The lowest BCUT2D eigenvalue weighted by Crippen LogP contribution is -2.30. The number of thiazole rings is 1. The summed E-state index contributed by atoms with van der Waals surface area (Å²) in [5.74, 6) is -0.363. The van der Waals surface area contributed by atoms with E-state index in [1.54, 1.807) is 39.2 Å². The van der Waals surface area contributed by atoms with Crippen LogP contribution < -0.4 is 0 Å². The molecule has 0 saturated carbocycles. The molecule has 27 heavy (non-hydrogen) atoms. The highest BCUT2D eigenvalue weighted by Gasteiger charge is 2.14. The lowest BCUT2D eigenvalue weighted by atomic mass is 10.2. The van der Waals surface area contributed by atoms with Gasteiger partial charge in [0.15, 0.2) is 0 Å². The first-order valence-corrected chi connectivity index (χ1v) is 9.49. The molecule has 0 fully saturated rings. The van der Waals surface area contributed by atoms with Crippen LogP contribution in [0.5, 0.6) is 0 Å². The first-order valence-electron chi connectivity index (χ1n) is 8.61. The number of halogens is 1. The van der Waals surface area contributed by atoms with Crippen molar-refractivity contribution in [3.05, 3.63) is 82.3 Å². The van der Waals surface area contributed by atoms with Crippen LogP contribution in [0, 0.1) is 12.7 Å². The Balaban J connectivity index is 1.64. The van der Waals surface area contributed by atoms with Gasteiger partial charge in [0.2, 0.25) is 5.91 Å². The Hall–Kier alpha value is -2.80. The van der Waals surface area contributed by atoms with Crippen molar-refractivity contribution in [3.8, 4) is 0 Å². The zero-order chi connectivity index (χ0) is 19.2. The number of carbonyl (C=O) groups excluding carboxylic acids is 1. The average Bonchev–Trinajstić information content (AvgIpc) is 3.28. The smallest absolute Gasteiger partial charge is 0.246 e. The molecule has 0 N–H and O–H groups in total. The number of rotatable bonds is 8.